The molecule has 5 heteroatoms. The second-order valence-electron chi connectivity index (χ2n) is 5.09. The van der Waals surface area contributed by atoms with Gasteiger partial charge in [0.25, 0.3) is 0 Å². The average Bonchev–Trinajstić information content (AvgIpc) is 2.88. The molecular weight excluding hydrogens is 220 g/mol. The van der Waals surface area contributed by atoms with Gasteiger partial charge in [0.05, 0.1) is 5.69 Å². The second kappa shape index (κ2) is 3.84. The number of aromatic carboxylic acids is 1. The first-order chi connectivity index (χ1) is 8.15. The van der Waals surface area contributed by atoms with E-state index in [-0.39, 0.29) is 11.7 Å². The maximum Gasteiger partial charge on any atom is 0.373 e. The van der Waals surface area contributed by atoms with Crippen LogP contribution >= 0.6 is 0 Å². The molecule has 1 atom stereocenters. The van der Waals surface area contributed by atoms with Crippen LogP contribution in [-0.2, 0) is 0 Å². The van der Waals surface area contributed by atoms with Crippen molar-refractivity contribution in [2.75, 3.05) is 20.1 Å². The highest BCUT2D eigenvalue weighted by molar-refractivity contribution is 5.85. The molecule has 0 aromatic carbocycles. The zero-order valence-corrected chi connectivity index (χ0v) is 9.85. The Labute approximate surface area is 99.4 Å². The predicted octanol–water partition coefficient (Wildman–Crippen LogP) is 1.67. The van der Waals surface area contributed by atoms with Gasteiger partial charge in [0.1, 0.15) is 0 Å². The van der Waals surface area contributed by atoms with Gasteiger partial charge < -0.3 is 14.4 Å². The van der Waals surface area contributed by atoms with Crippen molar-refractivity contribution >= 4 is 5.97 Å². The summed E-state index contributed by atoms with van der Waals surface area (Å²) in [5.74, 6) is 0.274. The van der Waals surface area contributed by atoms with E-state index >= 15 is 0 Å². The number of rotatable bonds is 3. The summed E-state index contributed by atoms with van der Waals surface area (Å²) in [6.07, 6.45) is 3.11. The van der Waals surface area contributed by atoms with E-state index in [1.807, 2.05) is 7.05 Å². The molecule has 5 nitrogen and oxygen atoms in total. The minimum atomic E-state index is -0.992. The van der Waals surface area contributed by atoms with Gasteiger partial charge in [-0.1, -0.05) is 0 Å². The van der Waals surface area contributed by atoms with Gasteiger partial charge in [0.15, 0.2) is 5.89 Å². The van der Waals surface area contributed by atoms with Crippen molar-refractivity contribution in [2.24, 2.45) is 0 Å². The van der Waals surface area contributed by atoms with Crippen molar-refractivity contribution in [3.63, 3.8) is 0 Å². The first-order valence-corrected chi connectivity index (χ1v) is 6.07. The summed E-state index contributed by atoms with van der Waals surface area (Å²) in [6, 6.07) is 0. The highest BCUT2D eigenvalue weighted by Crippen LogP contribution is 2.41. The Hall–Kier alpha value is -1.36. The summed E-state index contributed by atoms with van der Waals surface area (Å²) < 4.78 is 5.42. The Kier molecular flexibility index (Phi) is 2.43. The summed E-state index contributed by atoms with van der Waals surface area (Å²) in [7, 11) is 2.04. The number of carbonyl (C=O) groups is 1. The highest BCUT2D eigenvalue weighted by atomic mass is 16.4. The first kappa shape index (κ1) is 10.8. The summed E-state index contributed by atoms with van der Waals surface area (Å²) >= 11 is 0. The Morgan fingerprint density at radius 2 is 2.18 bits per heavy atom. The fraction of sp³-hybridized carbons (Fsp3) is 0.667. The maximum atomic E-state index is 11.2. The number of likely N-dealkylation sites (N-methyl/N-ethyl adjacent to an activating group) is 1. The number of carboxylic acid groups (broad SMARTS) is 1. The number of hydrogen-bond donors (Lipinski definition) is 1. The molecule has 0 radical (unpaired) electrons. The van der Waals surface area contributed by atoms with Crippen LogP contribution < -0.4 is 0 Å². The van der Waals surface area contributed by atoms with Crippen molar-refractivity contribution in [2.45, 2.75) is 31.1 Å². The normalized spacial score (nSPS) is 25.4. The third-order valence-corrected chi connectivity index (χ3v) is 3.57. The summed E-state index contributed by atoms with van der Waals surface area (Å²) in [4.78, 5) is 17.8. The van der Waals surface area contributed by atoms with Crippen LogP contribution in [0.5, 0.6) is 0 Å². The number of likely N-dealkylation sites (tertiary alicyclic amines) is 1. The van der Waals surface area contributed by atoms with Crippen LogP contribution in [0.3, 0.4) is 0 Å². The van der Waals surface area contributed by atoms with Crippen molar-refractivity contribution in [1.82, 2.24) is 9.88 Å². The number of oxazole rings is 1. The molecule has 0 bridgehead atoms. The topological polar surface area (TPSA) is 66.6 Å². The minimum absolute atomic E-state index is 0.0622. The molecule has 1 unspecified atom stereocenters. The standard InChI is InChI=1S/C12H16N2O3/c1-14-5-4-8(6-14)9-10(12(15)16)17-11(13-9)7-2-3-7/h7-8H,2-6H2,1H3,(H,15,16). The lowest BCUT2D eigenvalue weighted by molar-refractivity contribution is 0.0658. The quantitative estimate of drug-likeness (QED) is 0.864. The molecule has 1 N–H and O–H groups in total. The average molecular weight is 236 g/mol. The molecule has 92 valence electrons. The van der Waals surface area contributed by atoms with Gasteiger partial charge in [0, 0.05) is 18.4 Å². The summed E-state index contributed by atoms with van der Waals surface area (Å²) in [5.41, 5.74) is 0.656. The molecule has 17 heavy (non-hydrogen) atoms. The van der Waals surface area contributed by atoms with Gasteiger partial charge in [-0.05, 0) is 32.9 Å². The Morgan fingerprint density at radius 3 is 2.71 bits per heavy atom. The van der Waals surface area contributed by atoms with Crippen LogP contribution in [0.25, 0.3) is 0 Å². The largest absolute Gasteiger partial charge is 0.475 e. The Bertz CT molecular complexity index is 451. The molecule has 2 fully saturated rings. The van der Waals surface area contributed by atoms with Crippen molar-refractivity contribution in [3.05, 3.63) is 17.3 Å². The SMILES string of the molecule is CN1CCC(c2nc(C3CC3)oc2C(=O)O)C1. The Morgan fingerprint density at radius 1 is 1.41 bits per heavy atom. The van der Waals surface area contributed by atoms with Crippen molar-refractivity contribution in [1.29, 1.82) is 0 Å². The number of carboxylic acids is 1. The van der Waals surface area contributed by atoms with Gasteiger partial charge in [-0.15, -0.1) is 0 Å². The minimum Gasteiger partial charge on any atom is -0.475 e. The molecule has 0 spiro atoms. The lowest BCUT2D eigenvalue weighted by atomic mass is 10.0. The summed E-state index contributed by atoms with van der Waals surface area (Å²) in [6.45, 7) is 1.87. The molecule has 1 aliphatic heterocycles. The van der Waals surface area contributed by atoms with Crippen LogP contribution in [0.1, 0.15) is 53.2 Å². The van der Waals surface area contributed by atoms with Crippen LogP contribution in [0.4, 0.5) is 0 Å². The van der Waals surface area contributed by atoms with Gasteiger partial charge in [0.2, 0.25) is 5.76 Å². The number of aromatic nitrogens is 1. The molecule has 1 aliphatic carbocycles. The van der Waals surface area contributed by atoms with Gasteiger partial charge >= 0.3 is 5.97 Å². The van der Waals surface area contributed by atoms with E-state index in [4.69, 9.17) is 9.52 Å². The first-order valence-electron chi connectivity index (χ1n) is 6.07. The zero-order chi connectivity index (χ0) is 12.0. The fourth-order valence-corrected chi connectivity index (χ4v) is 2.44. The van der Waals surface area contributed by atoms with E-state index in [0.717, 1.165) is 32.4 Å². The van der Waals surface area contributed by atoms with Crippen LogP contribution in [0, 0.1) is 0 Å². The monoisotopic (exact) mass is 236 g/mol. The molecule has 1 aromatic rings. The highest BCUT2D eigenvalue weighted by Gasteiger charge is 2.35. The second-order valence-corrected chi connectivity index (χ2v) is 5.09. The van der Waals surface area contributed by atoms with E-state index in [2.05, 4.69) is 9.88 Å². The number of nitrogens with zero attached hydrogens (tertiary/aromatic N) is 2. The molecule has 2 aliphatic rings. The predicted molar refractivity (Wildman–Crippen MR) is 60.3 cm³/mol. The molecule has 2 heterocycles. The van der Waals surface area contributed by atoms with Crippen LogP contribution in [-0.4, -0.2) is 41.1 Å². The van der Waals surface area contributed by atoms with Crippen LogP contribution in [0.2, 0.25) is 0 Å². The van der Waals surface area contributed by atoms with Crippen LogP contribution in [0.15, 0.2) is 4.42 Å². The van der Waals surface area contributed by atoms with E-state index in [0.29, 0.717) is 17.5 Å². The van der Waals surface area contributed by atoms with Gasteiger partial charge in [-0.2, -0.15) is 0 Å². The van der Waals surface area contributed by atoms with Crippen molar-refractivity contribution in [3.8, 4) is 0 Å². The molecule has 1 saturated carbocycles. The zero-order valence-electron chi connectivity index (χ0n) is 9.85. The smallest absolute Gasteiger partial charge is 0.373 e. The fourth-order valence-electron chi connectivity index (χ4n) is 2.44. The van der Waals surface area contributed by atoms with E-state index < -0.39 is 5.97 Å². The lowest BCUT2D eigenvalue weighted by Gasteiger charge is -2.07. The molecule has 1 aromatic heterocycles. The van der Waals surface area contributed by atoms with Gasteiger partial charge in [-0.3, -0.25) is 0 Å². The lowest BCUT2D eigenvalue weighted by Crippen LogP contribution is -2.14. The molecule has 3 rings (SSSR count). The van der Waals surface area contributed by atoms with Crippen molar-refractivity contribution < 1.29 is 14.3 Å². The van der Waals surface area contributed by atoms with E-state index in [1.54, 1.807) is 0 Å². The third kappa shape index (κ3) is 1.95. The molecular formula is C12H16N2O3. The Balaban J connectivity index is 1.93. The third-order valence-electron chi connectivity index (χ3n) is 3.57. The van der Waals surface area contributed by atoms with E-state index in [1.165, 1.54) is 0 Å². The molecule has 0 amide bonds. The molecule has 1 saturated heterocycles. The van der Waals surface area contributed by atoms with Gasteiger partial charge in [-0.25, -0.2) is 9.78 Å². The maximum absolute atomic E-state index is 11.2. The summed E-state index contributed by atoms with van der Waals surface area (Å²) in [5, 5.41) is 9.16. The number of hydrogen-bond acceptors (Lipinski definition) is 4. The van der Waals surface area contributed by atoms with E-state index in [9.17, 15) is 4.79 Å².